The average Bonchev–Trinajstić information content (AvgIpc) is 3.44. The molecule has 0 saturated carbocycles. The number of anilines is 2. The average molecular weight is 691 g/mol. The minimum Gasteiger partial charge on any atom is -0.444 e. The Hall–Kier alpha value is -4.70. The Balaban J connectivity index is 1.42. The van der Waals surface area contributed by atoms with Crippen LogP contribution in [0.1, 0.15) is 43.6 Å². The van der Waals surface area contributed by atoms with E-state index in [-0.39, 0.29) is 47.5 Å². The summed E-state index contributed by atoms with van der Waals surface area (Å²) in [6, 6.07) is 5.19. The number of amides is 1. The van der Waals surface area contributed by atoms with E-state index < -0.39 is 67.8 Å². The van der Waals surface area contributed by atoms with E-state index in [0.717, 1.165) is 34.8 Å². The molecule has 2 aromatic heterocycles. The number of carbonyl (C=O) groups excluding carboxylic acids is 2. The van der Waals surface area contributed by atoms with Gasteiger partial charge in [0.2, 0.25) is 5.78 Å². The molecule has 11 nitrogen and oxygen atoms in total. The standard InChI is InChI=1S/C32H34F4N6O5S/c1-6-40(5)48(45,46)39-25-8-7-22(33)27(28(25)36)29(43)21-17-38-30-20(21)13-18(16-37-30)26-23(34)14-19(15-24(26)35)41-9-11-42(12-10-41)31(44)47-32(2,3)4/h7-8,13-17,39H,6,9-12H2,1-5H3,(H,37,38). The minimum atomic E-state index is -4.20. The highest BCUT2D eigenvalue weighted by atomic mass is 32.2. The van der Waals surface area contributed by atoms with Crippen molar-refractivity contribution >= 4 is 44.5 Å². The number of fused-ring (bicyclic) bond motifs is 1. The summed E-state index contributed by atoms with van der Waals surface area (Å²) >= 11 is 0. The van der Waals surface area contributed by atoms with Crippen molar-refractivity contribution in [2.75, 3.05) is 49.4 Å². The van der Waals surface area contributed by atoms with Crippen LogP contribution < -0.4 is 9.62 Å². The first kappa shape index (κ1) is 34.6. The van der Waals surface area contributed by atoms with Crippen molar-refractivity contribution in [3.8, 4) is 11.1 Å². The zero-order valence-electron chi connectivity index (χ0n) is 26.8. The van der Waals surface area contributed by atoms with Crippen LogP contribution in [0.5, 0.6) is 0 Å². The molecule has 16 heteroatoms. The van der Waals surface area contributed by atoms with Gasteiger partial charge in [-0.2, -0.15) is 12.7 Å². The second-order valence-corrected chi connectivity index (χ2v) is 14.0. The number of ether oxygens (including phenoxy) is 1. The van der Waals surface area contributed by atoms with Crippen molar-refractivity contribution in [2.24, 2.45) is 0 Å². The monoisotopic (exact) mass is 690 g/mol. The molecule has 4 aromatic rings. The van der Waals surface area contributed by atoms with Crippen LogP contribution in [0.4, 0.5) is 33.7 Å². The van der Waals surface area contributed by atoms with Crippen LogP contribution in [-0.4, -0.2) is 84.8 Å². The quantitative estimate of drug-likeness (QED) is 0.180. The molecule has 1 aliphatic rings. The molecule has 0 bridgehead atoms. The molecule has 2 N–H and O–H groups in total. The van der Waals surface area contributed by atoms with Crippen LogP contribution in [0.3, 0.4) is 0 Å². The molecule has 5 rings (SSSR count). The van der Waals surface area contributed by atoms with Gasteiger partial charge in [-0.3, -0.25) is 9.52 Å². The summed E-state index contributed by atoms with van der Waals surface area (Å²) in [7, 11) is -2.95. The normalized spacial score (nSPS) is 14.1. The highest BCUT2D eigenvalue weighted by Gasteiger charge is 2.29. The predicted octanol–water partition coefficient (Wildman–Crippen LogP) is 5.68. The van der Waals surface area contributed by atoms with Gasteiger partial charge in [-0.1, -0.05) is 6.92 Å². The van der Waals surface area contributed by atoms with Gasteiger partial charge in [0.15, 0.2) is 5.82 Å². The molecule has 0 unspecified atom stereocenters. The smallest absolute Gasteiger partial charge is 0.410 e. The van der Waals surface area contributed by atoms with E-state index >= 15 is 13.2 Å². The third-order valence-electron chi connectivity index (χ3n) is 7.80. The molecular weight excluding hydrogens is 656 g/mol. The fraction of sp³-hybridized carbons (Fsp3) is 0.344. The number of aromatic nitrogens is 2. The number of rotatable bonds is 8. The summed E-state index contributed by atoms with van der Waals surface area (Å²) < 4.78 is 94.6. The van der Waals surface area contributed by atoms with E-state index in [2.05, 4.69) is 9.97 Å². The number of carbonyl (C=O) groups is 2. The number of pyridine rings is 1. The first-order valence-corrected chi connectivity index (χ1v) is 16.4. The first-order valence-electron chi connectivity index (χ1n) is 15.0. The van der Waals surface area contributed by atoms with Crippen LogP contribution in [-0.2, 0) is 14.9 Å². The summed E-state index contributed by atoms with van der Waals surface area (Å²) in [5.74, 6) is -5.67. The van der Waals surface area contributed by atoms with Crippen molar-refractivity contribution in [3.05, 3.63) is 77.1 Å². The molecule has 256 valence electrons. The minimum absolute atomic E-state index is 0.0224. The molecule has 1 fully saturated rings. The number of aromatic amines is 1. The summed E-state index contributed by atoms with van der Waals surface area (Å²) in [6.07, 6.45) is 1.87. The second kappa shape index (κ2) is 13.1. The van der Waals surface area contributed by atoms with Crippen LogP contribution >= 0.6 is 0 Å². The largest absolute Gasteiger partial charge is 0.444 e. The van der Waals surface area contributed by atoms with Crippen molar-refractivity contribution in [1.82, 2.24) is 19.2 Å². The molecule has 1 aliphatic heterocycles. The third kappa shape index (κ3) is 6.94. The number of H-pyrrole nitrogens is 1. The van der Waals surface area contributed by atoms with Crippen molar-refractivity contribution in [1.29, 1.82) is 0 Å². The van der Waals surface area contributed by atoms with Crippen LogP contribution in [0, 0.1) is 23.3 Å². The topological polar surface area (TPSA) is 128 Å². The van der Waals surface area contributed by atoms with E-state index in [1.54, 1.807) is 32.6 Å². The van der Waals surface area contributed by atoms with Crippen LogP contribution in [0.25, 0.3) is 22.2 Å². The van der Waals surface area contributed by atoms with Gasteiger partial charge in [0.25, 0.3) is 0 Å². The lowest BCUT2D eigenvalue weighted by molar-refractivity contribution is 0.0240. The Morgan fingerprint density at radius 3 is 2.27 bits per heavy atom. The molecule has 1 amide bonds. The van der Waals surface area contributed by atoms with E-state index in [1.807, 2.05) is 4.72 Å². The lowest BCUT2D eigenvalue weighted by Gasteiger charge is -2.36. The maximum Gasteiger partial charge on any atom is 0.410 e. The first-order chi connectivity index (χ1) is 22.5. The Morgan fingerprint density at radius 2 is 1.67 bits per heavy atom. The van der Waals surface area contributed by atoms with Crippen LogP contribution in [0.15, 0.2) is 42.7 Å². The fourth-order valence-electron chi connectivity index (χ4n) is 5.18. The predicted molar refractivity (Wildman–Crippen MR) is 172 cm³/mol. The SMILES string of the molecule is CCN(C)S(=O)(=O)Nc1ccc(F)c(C(=O)c2c[nH]c3ncc(-c4c(F)cc(N5CCN(C(=O)OC(C)(C)C)CC5)cc4F)cc23)c1F. The zero-order chi connectivity index (χ0) is 35.1. The number of piperazine rings is 1. The zero-order valence-corrected chi connectivity index (χ0v) is 27.6. The molecule has 0 aliphatic carbocycles. The molecule has 0 atom stereocenters. The molecule has 0 spiro atoms. The Labute approximate surface area is 274 Å². The molecule has 1 saturated heterocycles. The van der Waals surface area contributed by atoms with Gasteiger partial charge in [-0.15, -0.1) is 0 Å². The molecule has 0 radical (unpaired) electrons. The lowest BCUT2D eigenvalue weighted by Crippen LogP contribution is -2.50. The van der Waals surface area contributed by atoms with Gasteiger partial charge < -0.3 is 19.5 Å². The molecular formula is C32H34F4N6O5S. The maximum absolute atomic E-state index is 15.5. The number of hydrogen-bond acceptors (Lipinski definition) is 7. The summed E-state index contributed by atoms with van der Waals surface area (Å²) in [6.45, 7) is 8.09. The Morgan fingerprint density at radius 1 is 1.02 bits per heavy atom. The van der Waals surface area contributed by atoms with E-state index in [4.69, 9.17) is 4.74 Å². The molecule has 48 heavy (non-hydrogen) atoms. The number of benzene rings is 2. The number of nitrogens with zero attached hydrogens (tertiary/aromatic N) is 4. The summed E-state index contributed by atoms with van der Waals surface area (Å²) in [5.41, 5.74) is -2.72. The number of ketones is 1. The van der Waals surface area contributed by atoms with Gasteiger partial charge >= 0.3 is 16.3 Å². The maximum atomic E-state index is 15.5. The second-order valence-electron chi connectivity index (χ2n) is 12.2. The van der Waals surface area contributed by atoms with Gasteiger partial charge in [-0.05, 0) is 51.1 Å². The van der Waals surface area contributed by atoms with Gasteiger partial charge in [0, 0.05) is 74.4 Å². The van der Waals surface area contributed by atoms with Gasteiger partial charge in [0.05, 0.1) is 16.8 Å². The van der Waals surface area contributed by atoms with Gasteiger partial charge in [-0.25, -0.2) is 27.3 Å². The number of halogens is 4. The number of hydrogen-bond donors (Lipinski definition) is 2. The Kier molecular flexibility index (Phi) is 9.43. The third-order valence-corrected chi connectivity index (χ3v) is 9.36. The summed E-state index contributed by atoms with van der Waals surface area (Å²) in [5, 5.41) is 0.0224. The summed E-state index contributed by atoms with van der Waals surface area (Å²) in [4.78, 5) is 36.0. The molecule has 2 aromatic carbocycles. The lowest BCUT2D eigenvalue weighted by atomic mass is 9.99. The highest BCUT2D eigenvalue weighted by Crippen LogP contribution is 2.34. The number of nitrogens with one attached hydrogen (secondary N) is 2. The van der Waals surface area contributed by atoms with Crippen molar-refractivity contribution < 1.29 is 40.3 Å². The van der Waals surface area contributed by atoms with E-state index in [0.29, 0.717) is 13.1 Å². The van der Waals surface area contributed by atoms with E-state index in [9.17, 15) is 22.4 Å². The Bertz CT molecular complexity index is 1980. The molecule has 3 heterocycles. The van der Waals surface area contributed by atoms with Gasteiger partial charge in [0.1, 0.15) is 28.7 Å². The van der Waals surface area contributed by atoms with E-state index in [1.165, 1.54) is 24.2 Å². The van der Waals surface area contributed by atoms with Crippen molar-refractivity contribution in [2.45, 2.75) is 33.3 Å². The fourth-order valence-corrected chi connectivity index (χ4v) is 6.11. The van der Waals surface area contributed by atoms with Crippen molar-refractivity contribution in [3.63, 3.8) is 0 Å². The van der Waals surface area contributed by atoms with Crippen LogP contribution in [0.2, 0.25) is 0 Å². The highest BCUT2D eigenvalue weighted by molar-refractivity contribution is 7.90.